The summed E-state index contributed by atoms with van der Waals surface area (Å²) in [7, 11) is -1.20. The summed E-state index contributed by atoms with van der Waals surface area (Å²) < 4.78 is 13.5. The summed E-state index contributed by atoms with van der Waals surface area (Å²) in [5.41, 5.74) is 0.926. The highest BCUT2D eigenvalue weighted by Gasteiger charge is 2.02. The number of benzene rings is 1. The van der Waals surface area contributed by atoms with Gasteiger partial charge in [0.2, 0.25) is 0 Å². The van der Waals surface area contributed by atoms with Crippen LogP contribution < -0.4 is 4.72 Å². The lowest BCUT2D eigenvalue weighted by Gasteiger charge is -2.04. The minimum Gasteiger partial charge on any atom is -0.304 e. The first-order chi connectivity index (χ1) is 6.13. The minimum atomic E-state index is -1.20. The van der Waals surface area contributed by atoms with E-state index in [1.165, 1.54) is 6.26 Å². The highest BCUT2D eigenvalue weighted by molar-refractivity contribution is 7.85. The number of anilines is 1. The summed E-state index contributed by atoms with van der Waals surface area (Å²) in [4.78, 5) is 0. The average Bonchev–Trinajstić information content (AvgIpc) is 2.03. The van der Waals surface area contributed by atoms with Crippen molar-refractivity contribution < 1.29 is 4.21 Å². The van der Waals surface area contributed by atoms with Crippen LogP contribution in [-0.4, -0.2) is 10.5 Å². The van der Waals surface area contributed by atoms with Crippen LogP contribution in [0.15, 0.2) is 18.2 Å². The molecule has 1 aromatic carbocycles. The predicted molar refractivity (Wildman–Crippen MR) is 53.9 cm³/mol. The first-order valence-electron chi connectivity index (χ1n) is 3.43. The van der Waals surface area contributed by atoms with Crippen LogP contribution >= 0.6 is 11.6 Å². The maximum atomic E-state index is 10.8. The average molecular weight is 215 g/mol. The molecule has 1 N–H and O–H groups in total. The lowest BCUT2D eigenvalue weighted by atomic mass is 10.2. The number of nitriles is 1. The Morgan fingerprint density at radius 1 is 1.62 bits per heavy atom. The second-order valence-electron chi connectivity index (χ2n) is 2.36. The van der Waals surface area contributed by atoms with Gasteiger partial charge in [-0.15, -0.1) is 0 Å². The predicted octanol–water partition coefficient (Wildman–Crippen LogP) is 1.92. The van der Waals surface area contributed by atoms with Crippen molar-refractivity contribution in [1.29, 1.82) is 5.26 Å². The fraction of sp³-hybridized carbons (Fsp3) is 0.125. The molecule has 0 saturated carbocycles. The third kappa shape index (κ3) is 2.72. The molecule has 1 rings (SSSR count). The maximum Gasteiger partial charge on any atom is 0.113 e. The van der Waals surface area contributed by atoms with Crippen LogP contribution in [-0.2, 0) is 11.0 Å². The van der Waals surface area contributed by atoms with Gasteiger partial charge in [-0.3, -0.25) is 0 Å². The van der Waals surface area contributed by atoms with Crippen molar-refractivity contribution in [3.63, 3.8) is 0 Å². The van der Waals surface area contributed by atoms with Crippen molar-refractivity contribution in [3.05, 3.63) is 28.8 Å². The summed E-state index contributed by atoms with van der Waals surface area (Å²) in [6, 6.07) is 6.74. The molecule has 0 radical (unpaired) electrons. The number of nitrogens with zero attached hydrogens (tertiary/aromatic N) is 1. The Morgan fingerprint density at radius 3 is 2.85 bits per heavy atom. The second-order valence-corrected chi connectivity index (χ2v) is 3.91. The number of hydrogen-bond donors (Lipinski definition) is 1. The van der Waals surface area contributed by atoms with Crippen molar-refractivity contribution in [3.8, 4) is 6.07 Å². The SMILES string of the molecule is CS(=O)Nc1cc(Cl)ccc1C#N. The van der Waals surface area contributed by atoms with Crippen LogP contribution in [0.4, 0.5) is 5.69 Å². The molecule has 1 unspecified atom stereocenters. The van der Waals surface area contributed by atoms with Gasteiger partial charge >= 0.3 is 0 Å². The molecule has 0 aliphatic carbocycles. The van der Waals surface area contributed by atoms with Gasteiger partial charge in [-0.25, -0.2) is 4.21 Å². The fourth-order valence-electron chi connectivity index (χ4n) is 0.853. The number of nitrogens with one attached hydrogen (secondary N) is 1. The summed E-state index contributed by atoms with van der Waals surface area (Å²) in [5.74, 6) is 0. The molecule has 0 amide bonds. The first-order valence-corrected chi connectivity index (χ1v) is 5.37. The Balaban J connectivity index is 3.10. The molecule has 0 aromatic heterocycles. The zero-order valence-electron chi connectivity index (χ0n) is 6.87. The molecule has 0 fully saturated rings. The molecule has 3 nitrogen and oxygen atoms in total. The molecular formula is C8H7ClN2OS. The largest absolute Gasteiger partial charge is 0.304 e. The molecule has 5 heteroatoms. The van der Waals surface area contributed by atoms with Gasteiger partial charge in [0.15, 0.2) is 0 Å². The van der Waals surface area contributed by atoms with Crippen molar-refractivity contribution >= 4 is 28.3 Å². The van der Waals surface area contributed by atoms with Crippen molar-refractivity contribution in [2.45, 2.75) is 0 Å². The fourth-order valence-corrected chi connectivity index (χ4v) is 1.50. The monoisotopic (exact) mass is 214 g/mol. The van der Waals surface area contributed by atoms with E-state index in [4.69, 9.17) is 16.9 Å². The van der Waals surface area contributed by atoms with Crippen LogP contribution in [0, 0.1) is 11.3 Å². The van der Waals surface area contributed by atoms with Gasteiger partial charge in [-0.05, 0) is 18.2 Å². The Hall–Kier alpha value is -1.05. The number of halogens is 1. The van der Waals surface area contributed by atoms with Crippen molar-refractivity contribution in [1.82, 2.24) is 0 Å². The molecule has 13 heavy (non-hydrogen) atoms. The van der Waals surface area contributed by atoms with Gasteiger partial charge in [0.25, 0.3) is 0 Å². The molecular weight excluding hydrogens is 208 g/mol. The molecule has 0 spiro atoms. The molecule has 68 valence electrons. The summed E-state index contributed by atoms with van der Waals surface area (Å²) in [6.07, 6.45) is 1.49. The van der Waals surface area contributed by atoms with E-state index in [0.717, 1.165) is 0 Å². The van der Waals surface area contributed by atoms with Gasteiger partial charge in [-0.1, -0.05) is 11.6 Å². The van der Waals surface area contributed by atoms with Crippen molar-refractivity contribution in [2.75, 3.05) is 11.0 Å². The molecule has 0 heterocycles. The van der Waals surface area contributed by atoms with E-state index in [1.54, 1.807) is 18.2 Å². The highest BCUT2D eigenvalue weighted by Crippen LogP contribution is 2.20. The topological polar surface area (TPSA) is 52.9 Å². The standard InChI is InChI=1S/C8H7ClN2OS/c1-13(12)11-8-4-7(9)3-2-6(8)5-10/h2-4,11H,1H3. The van der Waals surface area contributed by atoms with Crippen LogP contribution in [0.5, 0.6) is 0 Å². The van der Waals surface area contributed by atoms with Gasteiger partial charge in [-0.2, -0.15) is 5.26 Å². The summed E-state index contributed by atoms with van der Waals surface area (Å²) >= 11 is 5.71. The highest BCUT2D eigenvalue weighted by atomic mass is 35.5. The molecule has 0 saturated heterocycles. The zero-order valence-corrected chi connectivity index (χ0v) is 8.45. The molecule has 0 aliphatic rings. The Morgan fingerprint density at radius 2 is 2.31 bits per heavy atom. The molecule has 0 aliphatic heterocycles. The van der Waals surface area contributed by atoms with Crippen LogP contribution in [0.1, 0.15) is 5.56 Å². The van der Waals surface area contributed by atoms with Gasteiger partial charge in [0.05, 0.1) is 11.3 Å². The Bertz CT molecular complexity index is 386. The normalized spacial score (nSPS) is 11.8. The van der Waals surface area contributed by atoms with Crippen LogP contribution in [0.25, 0.3) is 0 Å². The Kier molecular flexibility index (Phi) is 3.29. The molecule has 1 aromatic rings. The van der Waals surface area contributed by atoms with E-state index in [1.807, 2.05) is 6.07 Å². The third-order valence-electron chi connectivity index (χ3n) is 1.36. The van der Waals surface area contributed by atoms with Gasteiger partial charge in [0, 0.05) is 11.3 Å². The van der Waals surface area contributed by atoms with E-state index >= 15 is 0 Å². The molecule has 0 bridgehead atoms. The molecule has 1 atom stereocenters. The summed E-state index contributed by atoms with van der Waals surface area (Å²) in [6.45, 7) is 0. The minimum absolute atomic E-state index is 0.430. The van der Waals surface area contributed by atoms with Crippen molar-refractivity contribution in [2.24, 2.45) is 0 Å². The van der Waals surface area contributed by atoms with Crippen LogP contribution in [0.2, 0.25) is 5.02 Å². The van der Waals surface area contributed by atoms with E-state index in [9.17, 15) is 4.21 Å². The second kappa shape index (κ2) is 4.26. The van der Waals surface area contributed by atoms with E-state index < -0.39 is 11.0 Å². The lowest BCUT2D eigenvalue weighted by Crippen LogP contribution is -2.02. The number of hydrogen-bond acceptors (Lipinski definition) is 2. The maximum absolute atomic E-state index is 10.8. The van der Waals surface area contributed by atoms with Gasteiger partial charge < -0.3 is 4.72 Å². The van der Waals surface area contributed by atoms with E-state index in [-0.39, 0.29) is 0 Å². The Labute approximate surface area is 83.9 Å². The lowest BCUT2D eigenvalue weighted by molar-refractivity contribution is 0.690. The smallest absolute Gasteiger partial charge is 0.113 e. The van der Waals surface area contributed by atoms with E-state index in [2.05, 4.69) is 4.72 Å². The zero-order chi connectivity index (χ0) is 9.84. The number of rotatable bonds is 2. The third-order valence-corrected chi connectivity index (χ3v) is 2.10. The quantitative estimate of drug-likeness (QED) is 0.818. The van der Waals surface area contributed by atoms with Gasteiger partial charge in [0.1, 0.15) is 17.1 Å². The first kappa shape index (κ1) is 10.0. The van der Waals surface area contributed by atoms with Crippen LogP contribution in [0.3, 0.4) is 0 Å². The summed E-state index contributed by atoms with van der Waals surface area (Å²) in [5, 5.41) is 9.20. The van der Waals surface area contributed by atoms with E-state index in [0.29, 0.717) is 16.3 Å².